The molecule has 2 fully saturated rings. The maximum Gasteiger partial charge on any atom is 0.103 e. The van der Waals surface area contributed by atoms with Crippen molar-refractivity contribution in [2.24, 2.45) is 16.8 Å². The Balaban J connectivity index is 2.21. The summed E-state index contributed by atoms with van der Waals surface area (Å²) in [5.74, 6) is 3.35. The van der Waals surface area contributed by atoms with Crippen molar-refractivity contribution in [2.45, 2.75) is 90.5 Å². The monoisotopic (exact) mass is 288 g/mol. The Kier molecular flexibility index (Phi) is 6.19. The zero-order chi connectivity index (χ0) is 15.4. The van der Waals surface area contributed by atoms with E-state index in [1.165, 1.54) is 57.3 Å². The number of hydrogen-bond acceptors (Lipinski definition) is 1. The molecule has 0 bridgehead atoms. The van der Waals surface area contributed by atoms with Crippen LogP contribution in [0.15, 0.2) is 4.99 Å². The fourth-order valence-electron chi connectivity index (χ4n) is 4.10. The second kappa shape index (κ2) is 7.69. The normalized spacial score (nSPS) is 33.7. The van der Waals surface area contributed by atoms with E-state index in [1.807, 2.05) is 0 Å². The lowest BCUT2D eigenvalue weighted by Gasteiger charge is -2.43. The SMILES string of the molecule is [B]C1CCCC2CCN(C(C)C)C(=NC(C)C)C2CCC1. The molecule has 2 aliphatic rings. The lowest BCUT2D eigenvalue weighted by Crippen LogP contribution is -2.49. The lowest BCUT2D eigenvalue weighted by atomic mass is 9.78. The highest BCUT2D eigenvalue weighted by molar-refractivity contribution is 6.11. The number of piperidine rings is 1. The Labute approximate surface area is 133 Å². The van der Waals surface area contributed by atoms with Crippen molar-refractivity contribution in [3.8, 4) is 0 Å². The number of fused-ring (bicyclic) bond motifs is 1. The fraction of sp³-hybridized carbons (Fsp3) is 0.944. The van der Waals surface area contributed by atoms with Gasteiger partial charge in [-0.3, -0.25) is 4.99 Å². The first-order chi connectivity index (χ1) is 9.99. The third-order valence-corrected chi connectivity index (χ3v) is 5.19. The molecule has 2 radical (unpaired) electrons. The van der Waals surface area contributed by atoms with Crippen molar-refractivity contribution < 1.29 is 0 Å². The first kappa shape index (κ1) is 16.9. The average Bonchev–Trinajstić information content (AvgIpc) is 2.48. The molecule has 0 spiro atoms. The van der Waals surface area contributed by atoms with Crippen LogP contribution in [-0.2, 0) is 0 Å². The van der Waals surface area contributed by atoms with Gasteiger partial charge >= 0.3 is 0 Å². The van der Waals surface area contributed by atoms with Gasteiger partial charge in [0, 0.05) is 24.5 Å². The predicted octanol–water partition coefficient (Wildman–Crippen LogP) is 4.45. The van der Waals surface area contributed by atoms with Crippen LogP contribution in [0.1, 0.15) is 72.6 Å². The standard InChI is InChI=1S/C18H33BN2/c1-13(2)20-18-17-10-6-9-16(19)8-5-7-15(17)11-12-21(18)14(3)4/h13-17H,5-12H2,1-4H3. The minimum Gasteiger partial charge on any atom is -0.358 e. The number of nitrogens with zero attached hydrogens (tertiary/aromatic N) is 2. The van der Waals surface area contributed by atoms with Crippen LogP contribution in [0.4, 0.5) is 0 Å². The summed E-state index contributed by atoms with van der Waals surface area (Å²) in [6, 6.07) is 0.966. The van der Waals surface area contributed by atoms with Crippen molar-refractivity contribution in [2.75, 3.05) is 6.54 Å². The summed E-state index contributed by atoms with van der Waals surface area (Å²) < 4.78 is 0. The van der Waals surface area contributed by atoms with Crippen molar-refractivity contribution in [1.29, 1.82) is 0 Å². The van der Waals surface area contributed by atoms with E-state index in [2.05, 4.69) is 32.6 Å². The van der Waals surface area contributed by atoms with Gasteiger partial charge in [-0.2, -0.15) is 0 Å². The van der Waals surface area contributed by atoms with E-state index in [0.717, 1.165) is 5.92 Å². The molecule has 21 heavy (non-hydrogen) atoms. The summed E-state index contributed by atoms with van der Waals surface area (Å²) in [5, 5.41) is 0. The second-order valence-electron chi connectivity index (χ2n) is 7.65. The Bertz CT molecular complexity index is 351. The van der Waals surface area contributed by atoms with Gasteiger partial charge in [0.2, 0.25) is 0 Å². The van der Waals surface area contributed by atoms with Gasteiger partial charge < -0.3 is 4.90 Å². The summed E-state index contributed by atoms with van der Waals surface area (Å²) >= 11 is 0. The molecule has 1 heterocycles. The minimum absolute atomic E-state index is 0.398. The van der Waals surface area contributed by atoms with Gasteiger partial charge in [-0.25, -0.2) is 0 Å². The van der Waals surface area contributed by atoms with E-state index in [9.17, 15) is 0 Å². The molecule has 2 nitrogen and oxygen atoms in total. The third-order valence-electron chi connectivity index (χ3n) is 5.19. The molecular weight excluding hydrogens is 255 g/mol. The molecule has 0 amide bonds. The molecule has 3 atom stereocenters. The zero-order valence-corrected chi connectivity index (χ0v) is 14.5. The Morgan fingerprint density at radius 3 is 2.29 bits per heavy atom. The van der Waals surface area contributed by atoms with Crippen LogP contribution in [0, 0.1) is 11.8 Å². The van der Waals surface area contributed by atoms with Gasteiger partial charge in [-0.15, -0.1) is 0 Å². The molecule has 1 aliphatic heterocycles. The molecular formula is C18H33BN2. The number of amidine groups is 1. The molecule has 2 rings (SSSR count). The van der Waals surface area contributed by atoms with Crippen LogP contribution >= 0.6 is 0 Å². The van der Waals surface area contributed by atoms with Crippen molar-refractivity contribution >= 4 is 13.7 Å². The van der Waals surface area contributed by atoms with Gasteiger partial charge in [0.1, 0.15) is 5.84 Å². The van der Waals surface area contributed by atoms with Gasteiger partial charge in [0.05, 0.1) is 7.85 Å². The quantitative estimate of drug-likeness (QED) is 0.685. The van der Waals surface area contributed by atoms with Crippen LogP contribution in [0.2, 0.25) is 5.82 Å². The van der Waals surface area contributed by atoms with Gasteiger partial charge in [0.25, 0.3) is 0 Å². The number of rotatable bonds is 2. The van der Waals surface area contributed by atoms with Crippen molar-refractivity contribution in [1.82, 2.24) is 4.90 Å². The lowest BCUT2D eigenvalue weighted by molar-refractivity contribution is 0.207. The number of likely N-dealkylation sites (tertiary alicyclic amines) is 1. The van der Waals surface area contributed by atoms with Crippen molar-refractivity contribution in [3.63, 3.8) is 0 Å². The summed E-state index contributed by atoms with van der Waals surface area (Å²) in [4.78, 5) is 7.63. The van der Waals surface area contributed by atoms with E-state index < -0.39 is 0 Å². The molecule has 0 N–H and O–H groups in total. The smallest absolute Gasteiger partial charge is 0.103 e. The van der Waals surface area contributed by atoms with E-state index in [-0.39, 0.29) is 0 Å². The van der Waals surface area contributed by atoms with Crippen LogP contribution in [0.25, 0.3) is 0 Å². The summed E-state index contributed by atoms with van der Waals surface area (Å²) in [6.45, 7) is 10.2. The molecule has 3 unspecified atom stereocenters. The van der Waals surface area contributed by atoms with Crippen LogP contribution in [-0.4, -0.2) is 37.2 Å². The van der Waals surface area contributed by atoms with Crippen LogP contribution < -0.4 is 0 Å². The summed E-state index contributed by atoms with van der Waals surface area (Å²) in [7, 11) is 6.21. The summed E-state index contributed by atoms with van der Waals surface area (Å²) in [5.41, 5.74) is 0. The van der Waals surface area contributed by atoms with Crippen LogP contribution in [0.3, 0.4) is 0 Å². The maximum atomic E-state index is 6.21. The van der Waals surface area contributed by atoms with Gasteiger partial charge in [-0.1, -0.05) is 31.5 Å². The third kappa shape index (κ3) is 4.50. The van der Waals surface area contributed by atoms with Crippen LogP contribution in [0.5, 0.6) is 0 Å². The molecule has 118 valence electrons. The zero-order valence-electron chi connectivity index (χ0n) is 14.5. The predicted molar refractivity (Wildman–Crippen MR) is 93.2 cm³/mol. The molecule has 0 aromatic heterocycles. The van der Waals surface area contributed by atoms with Gasteiger partial charge in [-0.05, 0) is 52.9 Å². The number of aliphatic imine (C=N–C) groups is 1. The molecule has 3 heteroatoms. The topological polar surface area (TPSA) is 15.6 Å². The fourth-order valence-corrected chi connectivity index (χ4v) is 4.10. The first-order valence-electron chi connectivity index (χ1n) is 9.09. The van der Waals surface area contributed by atoms with Gasteiger partial charge in [0.15, 0.2) is 0 Å². The highest BCUT2D eigenvalue weighted by Gasteiger charge is 2.35. The Morgan fingerprint density at radius 1 is 1.00 bits per heavy atom. The minimum atomic E-state index is 0.398. The van der Waals surface area contributed by atoms with E-state index in [4.69, 9.17) is 12.8 Å². The number of hydrogen-bond donors (Lipinski definition) is 0. The Morgan fingerprint density at radius 2 is 1.67 bits per heavy atom. The van der Waals surface area contributed by atoms with Crippen molar-refractivity contribution in [3.05, 3.63) is 0 Å². The highest BCUT2D eigenvalue weighted by atomic mass is 15.2. The summed E-state index contributed by atoms with van der Waals surface area (Å²) in [6.07, 6.45) is 8.96. The molecule has 1 aliphatic carbocycles. The van der Waals surface area contributed by atoms with E-state index in [1.54, 1.807) is 0 Å². The maximum absolute atomic E-state index is 6.21. The molecule has 1 saturated heterocycles. The Hall–Kier alpha value is -0.465. The first-order valence-corrected chi connectivity index (χ1v) is 9.09. The van der Waals surface area contributed by atoms with E-state index >= 15 is 0 Å². The molecule has 1 saturated carbocycles. The molecule has 0 aromatic carbocycles. The average molecular weight is 288 g/mol. The molecule has 0 aromatic rings. The largest absolute Gasteiger partial charge is 0.358 e. The highest BCUT2D eigenvalue weighted by Crippen LogP contribution is 2.37. The second-order valence-corrected chi connectivity index (χ2v) is 7.65. The van der Waals surface area contributed by atoms with E-state index in [0.29, 0.717) is 23.8 Å².